The third kappa shape index (κ3) is 5.26. The second kappa shape index (κ2) is 9.87. The van der Waals surface area contributed by atoms with Crippen molar-refractivity contribution in [2.75, 3.05) is 13.6 Å². The number of likely N-dealkylation sites (N-methyl/N-ethyl adjacent to an activating group) is 1. The molecular weight excluding hydrogens is 443 g/mol. The molecule has 1 saturated heterocycles. The van der Waals surface area contributed by atoms with Gasteiger partial charge in [0.2, 0.25) is 11.8 Å². The molecule has 2 heterocycles. The van der Waals surface area contributed by atoms with E-state index in [4.69, 9.17) is 0 Å². The Morgan fingerprint density at radius 2 is 1.91 bits per heavy atom. The molecule has 1 aliphatic rings. The average molecular weight is 477 g/mol. The molecule has 5 atom stereocenters. The van der Waals surface area contributed by atoms with Crippen molar-refractivity contribution in [1.29, 1.82) is 0 Å². The number of hydrogen-bond donors (Lipinski definition) is 3. The van der Waals surface area contributed by atoms with E-state index in [-0.39, 0.29) is 6.54 Å². The highest BCUT2D eigenvalue weighted by Crippen LogP contribution is 2.30. The Hall–Kier alpha value is -2.36. The summed E-state index contributed by atoms with van der Waals surface area (Å²) in [7, 11) is 1.65. The third-order valence-electron chi connectivity index (χ3n) is 6.12. The zero-order chi connectivity index (χ0) is 24.5. The van der Waals surface area contributed by atoms with Gasteiger partial charge < -0.3 is 20.6 Å². The lowest BCUT2D eigenvalue weighted by atomic mass is 9.85. The number of carbonyl (C=O) groups is 2. The van der Waals surface area contributed by atoms with E-state index in [2.05, 4.69) is 15.6 Å². The highest BCUT2D eigenvalue weighted by molar-refractivity contribution is 7.13. The summed E-state index contributed by atoms with van der Waals surface area (Å²) in [6.07, 6.45) is -3.25. The minimum absolute atomic E-state index is 0.219. The molecule has 1 fully saturated rings. The van der Waals surface area contributed by atoms with Crippen molar-refractivity contribution in [1.82, 2.24) is 20.5 Å². The van der Waals surface area contributed by atoms with Gasteiger partial charge in [-0.05, 0) is 37.4 Å². The van der Waals surface area contributed by atoms with Crippen LogP contribution in [0.1, 0.15) is 45.0 Å². The molecule has 2 aromatic rings. The molecule has 2 amide bonds. The summed E-state index contributed by atoms with van der Waals surface area (Å²) in [5.74, 6) is -1.02. The number of nitrogens with one attached hydrogen (secondary N) is 2. The number of aliphatic hydroxyl groups is 1. The third-order valence-corrected chi connectivity index (χ3v) is 7.10. The average Bonchev–Trinajstić information content (AvgIpc) is 3.30. The second-order valence-electron chi connectivity index (χ2n) is 9.65. The summed E-state index contributed by atoms with van der Waals surface area (Å²) in [6, 6.07) is 5.35. The number of rotatable bonds is 6. The Bertz CT molecular complexity index is 988. The SMILES string of the molecule is CN[C@H](C(=O)N1C[C@H](O)[C@H](F)[C@H]1C(=O)N[C@@H](C)c1ccc(-c2scnc2C)cc1)C(C)(C)C. The van der Waals surface area contributed by atoms with Crippen LogP contribution in [0.3, 0.4) is 0 Å². The van der Waals surface area contributed by atoms with Crippen LogP contribution in [0, 0.1) is 12.3 Å². The van der Waals surface area contributed by atoms with Crippen LogP contribution < -0.4 is 10.6 Å². The van der Waals surface area contributed by atoms with E-state index in [9.17, 15) is 19.1 Å². The van der Waals surface area contributed by atoms with E-state index in [0.29, 0.717) is 0 Å². The number of halogens is 1. The smallest absolute Gasteiger partial charge is 0.246 e. The van der Waals surface area contributed by atoms with Crippen LogP contribution in [0.2, 0.25) is 0 Å². The summed E-state index contributed by atoms with van der Waals surface area (Å²) < 4.78 is 14.9. The van der Waals surface area contributed by atoms with Crippen LogP contribution in [-0.4, -0.2) is 64.8 Å². The Morgan fingerprint density at radius 1 is 1.27 bits per heavy atom. The molecule has 1 aliphatic heterocycles. The zero-order valence-corrected chi connectivity index (χ0v) is 20.7. The molecule has 3 rings (SSSR count). The quantitative estimate of drug-likeness (QED) is 0.596. The lowest BCUT2D eigenvalue weighted by Gasteiger charge is -2.35. The van der Waals surface area contributed by atoms with Gasteiger partial charge in [-0.25, -0.2) is 9.37 Å². The summed E-state index contributed by atoms with van der Waals surface area (Å²) in [5.41, 5.74) is 4.21. The van der Waals surface area contributed by atoms with Gasteiger partial charge in [-0.2, -0.15) is 0 Å². The fraction of sp³-hybridized carbons (Fsp3) is 0.542. The van der Waals surface area contributed by atoms with Crippen molar-refractivity contribution in [2.24, 2.45) is 5.41 Å². The number of aryl methyl sites for hydroxylation is 1. The Morgan fingerprint density at radius 3 is 2.42 bits per heavy atom. The number of alkyl halides is 1. The maximum atomic E-state index is 14.9. The Labute approximate surface area is 198 Å². The number of aliphatic hydroxyl groups excluding tert-OH is 1. The number of hydrogen-bond acceptors (Lipinski definition) is 6. The lowest BCUT2D eigenvalue weighted by Crippen LogP contribution is -2.57. The van der Waals surface area contributed by atoms with E-state index < -0.39 is 47.6 Å². The highest BCUT2D eigenvalue weighted by Gasteiger charge is 2.50. The summed E-state index contributed by atoms with van der Waals surface area (Å²) in [4.78, 5) is 32.8. The zero-order valence-electron chi connectivity index (χ0n) is 19.9. The van der Waals surface area contributed by atoms with Crippen LogP contribution >= 0.6 is 11.3 Å². The Kier molecular flexibility index (Phi) is 7.55. The highest BCUT2D eigenvalue weighted by atomic mass is 32.1. The van der Waals surface area contributed by atoms with Crippen LogP contribution in [0.15, 0.2) is 29.8 Å². The van der Waals surface area contributed by atoms with Crippen molar-refractivity contribution in [3.05, 3.63) is 41.0 Å². The fourth-order valence-corrected chi connectivity index (χ4v) is 5.10. The first-order valence-corrected chi connectivity index (χ1v) is 11.9. The van der Waals surface area contributed by atoms with Crippen molar-refractivity contribution in [3.63, 3.8) is 0 Å². The molecule has 180 valence electrons. The maximum absolute atomic E-state index is 14.9. The largest absolute Gasteiger partial charge is 0.388 e. The van der Waals surface area contributed by atoms with Gasteiger partial charge in [-0.15, -0.1) is 11.3 Å². The predicted octanol–water partition coefficient (Wildman–Crippen LogP) is 2.84. The molecule has 0 spiro atoms. The van der Waals surface area contributed by atoms with E-state index >= 15 is 0 Å². The van der Waals surface area contributed by atoms with E-state index in [1.807, 2.05) is 52.0 Å². The lowest BCUT2D eigenvalue weighted by molar-refractivity contribution is -0.143. The molecule has 0 unspecified atom stereocenters. The molecule has 33 heavy (non-hydrogen) atoms. The summed E-state index contributed by atoms with van der Waals surface area (Å²) in [6.45, 7) is 9.21. The van der Waals surface area contributed by atoms with Gasteiger partial charge in [0.05, 0.1) is 34.7 Å². The van der Waals surface area contributed by atoms with Gasteiger partial charge in [0.1, 0.15) is 12.1 Å². The first-order valence-electron chi connectivity index (χ1n) is 11.1. The molecular formula is C24H33FN4O3S. The van der Waals surface area contributed by atoms with Crippen molar-refractivity contribution < 1.29 is 19.1 Å². The van der Waals surface area contributed by atoms with Gasteiger partial charge >= 0.3 is 0 Å². The number of β-amino-alcohol motifs (C(OH)–C–C–N with tert-alkyl or cyclic N) is 1. The van der Waals surface area contributed by atoms with Gasteiger partial charge in [-0.1, -0.05) is 45.0 Å². The Balaban J connectivity index is 1.75. The van der Waals surface area contributed by atoms with Crippen molar-refractivity contribution >= 4 is 23.2 Å². The predicted molar refractivity (Wildman–Crippen MR) is 128 cm³/mol. The molecule has 9 heteroatoms. The van der Waals surface area contributed by atoms with Crippen molar-refractivity contribution in [2.45, 2.75) is 65.0 Å². The number of thiazole rings is 1. The minimum Gasteiger partial charge on any atom is -0.388 e. The van der Waals surface area contributed by atoms with E-state index in [1.54, 1.807) is 30.8 Å². The van der Waals surface area contributed by atoms with Gasteiger partial charge in [0, 0.05) is 0 Å². The molecule has 0 aliphatic carbocycles. The van der Waals surface area contributed by atoms with Gasteiger partial charge in [0.25, 0.3) is 0 Å². The van der Waals surface area contributed by atoms with Crippen LogP contribution in [0.25, 0.3) is 10.4 Å². The topological polar surface area (TPSA) is 94.6 Å². The molecule has 0 bridgehead atoms. The summed E-state index contributed by atoms with van der Waals surface area (Å²) in [5, 5.41) is 15.9. The first-order chi connectivity index (χ1) is 15.5. The minimum atomic E-state index is -1.85. The van der Waals surface area contributed by atoms with Gasteiger partial charge in [-0.3, -0.25) is 9.59 Å². The number of amides is 2. The molecule has 0 radical (unpaired) electrons. The monoisotopic (exact) mass is 476 g/mol. The standard InChI is InChI=1S/C24H33FN4O3S/c1-13(15-7-9-16(10-8-15)20-14(2)27-12-33-20)28-22(31)19-18(25)17(30)11-29(19)23(32)21(26-6)24(3,4)5/h7-10,12-13,17-19,21,26,30H,11H2,1-6H3,(H,28,31)/t13-,17-,18-,19-,21+/m0/s1. The number of aromatic nitrogens is 1. The molecule has 7 nitrogen and oxygen atoms in total. The van der Waals surface area contributed by atoms with Crippen LogP contribution in [-0.2, 0) is 9.59 Å². The molecule has 1 aromatic carbocycles. The normalized spacial score (nSPS) is 22.8. The molecule has 0 saturated carbocycles. The number of benzene rings is 1. The summed E-state index contributed by atoms with van der Waals surface area (Å²) >= 11 is 1.56. The van der Waals surface area contributed by atoms with E-state index in [1.165, 1.54) is 4.90 Å². The van der Waals surface area contributed by atoms with Crippen LogP contribution in [0.5, 0.6) is 0 Å². The number of likely N-dealkylation sites (tertiary alicyclic amines) is 1. The molecule has 1 aromatic heterocycles. The number of carbonyl (C=O) groups excluding carboxylic acids is 2. The molecule has 3 N–H and O–H groups in total. The van der Waals surface area contributed by atoms with Crippen LogP contribution in [0.4, 0.5) is 4.39 Å². The number of nitrogens with zero attached hydrogens (tertiary/aromatic N) is 2. The van der Waals surface area contributed by atoms with E-state index in [0.717, 1.165) is 21.7 Å². The second-order valence-corrected chi connectivity index (χ2v) is 10.5. The maximum Gasteiger partial charge on any atom is 0.246 e. The van der Waals surface area contributed by atoms with Crippen molar-refractivity contribution in [3.8, 4) is 10.4 Å². The fourth-order valence-electron chi connectivity index (χ4n) is 4.29. The first kappa shape index (κ1) is 25.3. The van der Waals surface area contributed by atoms with Gasteiger partial charge in [0.15, 0.2) is 6.17 Å².